The Bertz CT molecular complexity index is 1680. The lowest BCUT2D eigenvalue weighted by molar-refractivity contribution is -0.384. The zero-order chi connectivity index (χ0) is 25.9. The fourth-order valence-corrected chi connectivity index (χ4v) is 6.14. The Balaban J connectivity index is 1.61. The molecule has 1 heterocycles. The van der Waals surface area contributed by atoms with Crippen LogP contribution in [-0.2, 0) is 17.4 Å². The molecule has 0 radical (unpaired) electrons. The fraction of sp³-hybridized carbons (Fsp3) is 0.273. The third kappa shape index (κ3) is 3.83. The number of nitrogens with zero attached hydrogens (tertiary/aromatic N) is 2. The highest BCUT2D eigenvalue weighted by Crippen LogP contribution is 2.49. The van der Waals surface area contributed by atoms with Crippen molar-refractivity contribution in [3.05, 3.63) is 112 Å². The molecule has 4 aromatic carbocycles. The van der Waals surface area contributed by atoms with Gasteiger partial charge < -0.3 is 4.57 Å². The second kappa shape index (κ2) is 8.31. The van der Waals surface area contributed by atoms with E-state index >= 15 is 0 Å². The van der Waals surface area contributed by atoms with E-state index in [1.165, 1.54) is 22.0 Å². The van der Waals surface area contributed by atoms with E-state index in [9.17, 15) is 10.1 Å². The minimum absolute atomic E-state index is 0.0267. The molecule has 4 heteroatoms. The Labute approximate surface area is 217 Å². The van der Waals surface area contributed by atoms with Crippen molar-refractivity contribution in [3.8, 4) is 11.1 Å². The SMILES string of the molecule is CC1(C)CCC(C)(C)c2cc([N+](=O)[O-])c(-c3ccc4c5ccccc5n(Cc5ccccc5)c4c3)cc21. The number of rotatable bonds is 4. The Morgan fingerprint density at radius 2 is 1.38 bits per heavy atom. The van der Waals surface area contributed by atoms with E-state index in [2.05, 4.69) is 105 Å². The van der Waals surface area contributed by atoms with Gasteiger partial charge in [-0.2, -0.15) is 0 Å². The van der Waals surface area contributed by atoms with Crippen LogP contribution in [0.4, 0.5) is 5.69 Å². The molecular formula is C33H32N2O2. The van der Waals surface area contributed by atoms with Gasteiger partial charge in [-0.25, -0.2) is 0 Å². The Hall–Kier alpha value is -3.92. The monoisotopic (exact) mass is 488 g/mol. The smallest absolute Gasteiger partial charge is 0.277 e. The van der Waals surface area contributed by atoms with E-state index in [-0.39, 0.29) is 21.4 Å². The minimum atomic E-state index is -0.211. The van der Waals surface area contributed by atoms with Gasteiger partial charge in [0.15, 0.2) is 0 Å². The maximum atomic E-state index is 12.4. The molecule has 186 valence electrons. The predicted octanol–water partition coefficient (Wildman–Crippen LogP) is 8.77. The third-order valence-corrected chi connectivity index (χ3v) is 8.43. The molecule has 0 unspecified atom stereocenters. The summed E-state index contributed by atoms with van der Waals surface area (Å²) in [5.74, 6) is 0. The summed E-state index contributed by atoms with van der Waals surface area (Å²) in [7, 11) is 0. The first-order chi connectivity index (χ1) is 17.7. The van der Waals surface area contributed by atoms with Crippen LogP contribution in [0.1, 0.15) is 57.2 Å². The van der Waals surface area contributed by atoms with Crippen LogP contribution in [0.2, 0.25) is 0 Å². The fourth-order valence-electron chi connectivity index (χ4n) is 6.14. The van der Waals surface area contributed by atoms with Crippen LogP contribution in [0.15, 0.2) is 84.9 Å². The first-order valence-electron chi connectivity index (χ1n) is 13.0. The van der Waals surface area contributed by atoms with Gasteiger partial charge in [-0.05, 0) is 64.1 Å². The van der Waals surface area contributed by atoms with Crippen molar-refractivity contribution in [2.24, 2.45) is 0 Å². The van der Waals surface area contributed by atoms with E-state index in [0.29, 0.717) is 5.56 Å². The van der Waals surface area contributed by atoms with Crippen LogP contribution in [0.5, 0.6) is 0 Å². The van der Waals surface area contributed by atoms with Gasteiger partial charge in [0.05, 0.1) is 16.0 Å². The molecular weight excluding hydrogens is 456 g/mol. The molecule has 37 heavy (non-hydrogen) atoms. The molecule has 1 aliphatic carbocycles. The van der Waals surface area contributed by atoms with Crippen molar-refractivity contribution in [1.29, 1.82) is 0 Å². The highest BCUT2D eigenvalue weighted by Gasteiger charge is 2.39. The maximum Gasteiger partial charge on any atom is 0.277 e. The number of hydrogen-bond donors (Lipinski definition) is 0. The van der Waals surface area contributed by atoms with Crippen molar-refractivity contribution in [1.82, 2.24) is 4.57 Å². The summed E-state index contributed by atoms with van der Waals surface area (Å²) in [4.78, 5) is 12.2. The standard InChI is InChI=1S/C33H32N2O2/c1-32(2)16-17-33(3,4)28-20-31(35(36)37)26(19-27(28)32)23-14-15-25-24-12-8-9-13-29(24)34(30(25)18-23)21-22-10-6-5-7-11-22/h5-15,18-20H,16-17,21H2,1-4H3. The van der Waals surface area contributed by atoms with E-state index in [4.69, 9.17) is 0 Å². The molecule has 0 amide bonds. The quantitative estimate of drug-likeness (QED) is 0.187. The van der Waals surface area contributed by atoms with Crippen molar-refractivity contribution in [2.75, 3.05) is 0 Å². The second-order valence-corrected chi connectivity index (χ2v) is 11.8. The summed E-state index contributed by atoms with van der Waals surface area (Å²) in [5.41, 5.74) is 7.49. The molecule has 0 saturated carbocycles. The summed E-state index contributed by atoms with van der Waals surface area (Å²) in [6, 6.07) is 29.2. The molecule has 1 aliphatic rings. The van der Waals surface area contributed by atoms with Gasteiger partial charge in [-0.1, -0.05) is 88.4 Å². The van der Waals surface area contributed by atoms with Gasteiger partial charge in [0, 0.05) is 28.9 Å². The van der Waals surface area contributed by atoms with Crippen molar-refractivity contribution in [2.45, 2.75) is 57.9 Å². The molecule has 0 atom stereocenters. The Kier molecular flexibility index (Phi) is 5.27. The first-order valence-corrected chi connectivity index (χ1v) is 13.0. The highest BCUT2D eigenvalue weighted by atomic mass is 16.6. The van der Waals surface area contributed by atoms with E-state index < -0.39 is 0 Å². The molecule has 5 aromatic rings. The highest BCUT2D eigenvalue weighted by molar-refractivity contribution is 6.09. The summed E-state index contributed by atoms with van der Waals surface area (Å²) in [6.45, 7) is 9.67. The van der Waals surface area contributed by atoms with Gasteiger partial charge in [0.25, 0.3) is 5.69 Å². The number of fused-ring (bicyclic) bond motifs is 4. The molecule has 4 nitrogen and oxygen atoms in total. The Morgan fingerprint density at radius 1 is 0.757 bits per heavy atom. The van der Waals surface area contributed by atoms with Crippen LogP contribution in [-0.4, -0.2) is 9.49 Å². The topological polar surface area (TPSA) is 48.1 Å². The normalized spacial score (nSPS) is 16.1. The van der Waals surface area contributed by atoms with Crippen LogP contribution in [0.3, 0.4) is 0 Å². The van der Waals surface area contributed by atoms with E-state index in [0.717, 1.165) is 41.4 Å². The number of para-hydroxylation sites is 1. The average Bonchev–Trinajstić information content (AvgIpc) is 3.19. The van der Waals surface area contributed by atoms with Crippen LogP contribution in [0.25, 0.3) is 32.9 Å². The predicted molar refractivity (Wildman–Crippen MR) is 152 cm³/mol. The van der Waals surface area contributed by atoms with Crippen LogP contribution >= 0.6 is 0 Å². The number of benzene rings is 4. The average molecular weight is 489 g/mol. The largest absolute Gasteiger partial charge is 0.336 e. The molecule has 0 fully saturated rings. The molecule has 0 saturated heterocycles. The lowest BCUT2D eigenvalue weighted by Crippen LogP contribution is -2.34. The summed E-state index contributed by atoms with van der Waals surface area (Å²) < 4.78 is 2.33. The minimum Gasteiger partial charge on any atom is -0.336 e. The van der Waals surface area contributed by atoms with E-state index in [1.807, 2.05) is 12.1 Å². The van der Waals surface area contributed by atoms with Gasteiger partial charge in [0.2, 0.25) is 0 Å². The van der Waals surface area contributed by atoms with Crippen LogP contribution in [0, 0.1) is 10.1 Å². The van der Waals surface area contributed by atoms with E-state index in [1.54, 1.807) is 0 Å². The van der Waals surface area contributed by atoms with Crippen molar-refractivity contribution < 1.29 is 4.92 Å². The molecule has 0 bridgehead atoms. The van der Waals surface area contributed by atoms with Crippen LogP contribution < -0.4 is 0 Å². The summed E-state index contributed by atoms with van der Waals surface area (Å²) >= 11 is 0. The summed E-state index contributed by atoms with van der Waals surface area (Å²) in [5, 5.41) is 14.7. The number of nitro benzene ring substituents is 1. The molecule has 6 rings (SSSR count). The van der Waals surface area contributed by atoms with Gasteiger partial charge >= 0.3 is 0 Å². The lowest BCUT2D eigenvalue weighted by atomic mass is 9.62. The number of nitro groups is 1. The maximum absolute atomic E-state index is 12.4. The van der Waals surface area contributed by atoms with Crippen molar-refractivity contribution in [3.63, 3.8) is 0 Å². The molecule has 0 spiro atoms. The number of aromatic nitrogens is 1. The summed E-state index contributed by atoms with van der Waals surface area (Å²) in [6.07, 6.45) is 2.09. The lowest BCUT2D eigenvalue weighted by Gasteiger charge is -2.41. The van der Waals surface area contributed by atoms with Gasteiger partial charge in [-0.15, -0.1) is 0 Å². The molecule has 0 aliphatic heterocycles. The second-order valence-electron chi connectivity index (χ2n) is 11.8. The Morgan fingerprint density at radius 3 is 2.08 bits per heavy atom. The zero-order valence-electron chi connectivity index (χ0n) is 21.9. The zero-order valence-corrected chi connectivity index (χ0v) is 21.9. The molecule has 0 N–H and O–H groups in total. The third-order valence-electron chi connectivity index (χ3n) is 8.43. The molecule has 1 aromatic heterocycles. The first kappa shape index (κ1) is 23.5. The van der Waals surface area contributed by atoms with Crippen molar-refractivity contribution >= 4 is 27.5 Å². The van der Waals surface area contributed by atoms with Gasteiger partial charge in [-0.3, -0.25) is 10.1 Å². The number of hydrogen-bond acceptors (Lipinski definition) is 2. The van der Waals surface area contributed by atoms with Gasteiger partial charge in [0.1, 0.15) is 0 Å².